The Morgan fingerprint density at radius 1 is 1.50 bits per heavy atom. The van der Waals surface area contributed by atoms with Crippen molar-refractivity contribution in [1.82, 2.24) is 0 Å². The fraction of sp³-hybridized carbons (Fsp3) is 0.833. The lowest BCUT2D eigenvalue weighted by atomic mass is 10.1. The Morgan fingerprint density at radius 3 is 2.17 bits per heavy atom. The zero-order valence-corrected chi connectivity index (χ0v) is 6.98. The van der Waals surface area contributed by atoms with E-state index in [1.165, 1.54) is 0 Å². The van der Waals surface area contributed by atoms with E-state index >= 15 is 0 Å². The van der Waals surface area contributed by atoms with Crippen LogP contribution in [-0.2, 0) is 4.79 Å². The Kier molecular flexibility index (Phi) is 3.41. The van der Waals surface area contributed by atoms with Crippen LogP contribution in [0.5, 0.6) is 0 Å². The van der Waals surface area contributed by atoms with Crippen molar-refractivity contribution in [3.05, 3.63) is 0 Å². The van der Waals surface area contributed by atoms with Gasteiger partial charge in [0.05, 0.1) is 5.92 Å². The van der Waals surface area contributed by atoms with Gasteiger partial charge in [0.25, 0.3) is 5.92 Å². The number of halogens is 3. The summed E-state index contributed by atoms with van der Waals surface area (Å²) >= 11 is 0. The third-order valence-electron chi connectivity index (χ3n) is 1.89. The van der Waals surface area contributed by atoms with Crippen LogP contribution < -0.4 is 5.73 Å². The van der Waals surface area contributed by atoms with Gasteiger partial charge in [-0.1, -0.05) is 0 Å². The van der Waals surface area contributed by atoms with Gasteiger partial charge in [0, 0.05) is 18.9 Å². The lowest BCUT2D eigenvalue weighted by molar-refractivity contribution is -0.142. The van der Waals surface area contributed by atoms with Crippen molar-refractivity contribution in [1.29, 1.82) is 0 Å². The minimum absolute atomic E-state index is 0. The number of carbonyl (C=O) groups is 1. The van der Waals surface area contributed by atoms with Crippen molar-refractivity contribution in [2.75, 3.05) is 0 Å². The van der Waals surface area contributed by atoms with Crippen molar-refractivity contribution in [2.24, 2.45) is 11.7 Å². The summed E-state index contributed by atoms with van der Waals surface area (Å²) in [5, 5.41) is 8.40. The van der Waals surface area contributed by atoms with Crippen molar-refractivity contribution in [3.63, 3.8) is 0 Å². The van der Waals surface area contributed by atoms with Gasteiger partial charge in [-0.3, -0.25) is 4.79 Å². The average molecular weight is 202 g/mol. The number of carboxylic acids is 1. The second kappa shape index (κ2) is 3.53. The molecule has 72 valence electrons. The molecule has 0 aliphatic heterocycles. The van der Waals surface area contributed by atoms with Crippen LogP contribution in [0.25, 0.3) is 0 Å². The van der Waals surface area contributed by atoms with E-state index in [0.29, 0.717) is 0 Å². The quantitative estimate of drug-likeness (QED) is 0.662. The molecule has 0 aromatic carbocycles. The summed E-state index contributed by atoms with van der Waals surface area (Å²) in [7, 11) is 0. The minimum Gasteiger partial charge on any atom is -0.481 e. The second-order valence-corrected chi connectivity index (χ2v) is 2.87. The lowest BCUT2D eigenvalue weighted by Gasteiger charge is -2.06. The highest BCUT2D eigenvalue weighted by molar-refractivity contribution is 5.85. The molecule has 0 radical (unpaired) electrons. The van der Waals surface area contributed by atoms with E-state index in [4.69, 9.17) is 10.8 Å². The molecule has 1 fully saturated rings. The number of hydrogen-bond acceptors (Lipinski definition) is 2. The fourth-order valence-corrected chi connectivity index (χ4v) is 1.31. The molecular formula is C6H10ClF2NO2. The zero-order chi connectivity index (χ0) is 8.65. The largest absolute Gasteiger partial charge is 0.481 e. The Labute approximate surface area is 74.3 Å². The summed E-state index contributed by atoms with van der Waals surface area (Å²) in [5.41, 5.74) is 5.19. The molecule has 2 atom stereocenters. The summed E-state index contributed by atoms with van der Waals surface area (Å²) in [6.45, 7) is 0. The van der Waals surface area contributed by atoms with Crippen LogP contribution in [0.1, 0.15) is 12.8 Å². The molecule has 1 aliphatic carbocycles. The van der Waals surface area contributed by atoms with Crippen LogP contribution in [0.15, 0.2) is 0 Å². The van der Waals surface area contributed by atoms with Gasteiger partial charge in [-0.15, -0.1) is 12.4 Å². The topological polar surface area (TPSA) is 63.3 Å². The SMILES string of the molecule is Cl.N[C@H]1CC(F)(F)C[C@H]1C(=O)O. The van der Waals surface area contributed by atoms with E-state index in [2.05, 4.69) is 0 Å². The Bertz CT molecular complexity index is 188. The van der Waals surface area contributed by atoms with Gasteiger partial charge in [0.1, 0.15) is 0 Å². The standard InChI is InChI=1S/C6H9F2NO2.ClH/c7-6(8)1-3(5(10)11)4(9)2-6;/h3-4H,1-2,9H2,(H,10,11);1H/t3-,4+;/m1./s1. The monoisotopic (exact) mass is 201 g/mol. The summed E-state index contributed by atoms with van der Waals surface area (Å²) in [4.78, 5) is 10.3. The Hall–Kier alpha value is -0.420. The van der Waals surface area contributed by atoms with Gasteiger partial charge >= 0.3 is 5.97 Å². The maximum absolute atomic E-state index is 12.5. The average Bonchev–Trinajstić information content (AvgIpc) is 2.05. The van der Waals surface area contributed by atoms with Crippen LogP contribution in [0, 0.1) is 5.92 Å². The van der Waals surface area contributed by atoms with Gasteiger partial charge in [0.15, 0.2) is 0 Å². The first-order chi connectivity index (χ1) is 4.92. The molecule has 6 heteroatoms. The first-order valence-corrected chi connectivity index (χ1v) is 3.28. The van der Waals surface area contributed by atoms with Crippen LogP contribution >= 0.6 is 12.4 Å². The van der Waals surface area contributed by atoms with E-state index in [-0.39, 0.29) is 12.4 Å². The van der Waals surface area contributed by atoms with Crippen molar-refractivity contribution >= 4 is 18.4 Å². The number of rotatable bonds is 1. The molecule has 0 unspecified atom stereocenters. The molecule has 0 aromatic rings. The molecule has 1 aliphatic rings. The smallest absolute Gasteiger partial charge is 0.308 e. The summed E-state index contributed by atoms with van der Waals surface area (Å²) in [6.07, 6.45) is -1.13. The number of carboxylic acid groups (broad SMARTS) is 1. The molecular weight excluding hydrogens is 192 g/mol. The molecule has 1 saturated carbocycles. The predicted octanol–water partition coefficient (Wildman–Crippen LogP) is 0.865. The predicted molar refractivity (Wildman–Crippen MR) is 40.5 cm³/mol. The minimum atomic E-state index is -2.89. The lowest BCUT2D eigenvalue weighted by Crippen LogP contribution is -2.30. The van der Waals surface area contributed by atoms with Gasteiger partial charge in [-0.25, -0.2) is 8.78 Å². The van der Waals surface area contributed by atoms with Crippen LogP contribution in [-0.4, -0.2) is 23.0 Å². The van der Waals surface area contributed by atoms with Gasteiger partial charge in [-0.2, -0.15) is 0 Å². The maximum atomic E-state index is 12.5. The molecule has 1 rings (SSSR count). The summed E-state index contributed by atoms with van der Waals surface area (Å²) in [6, 6.07) is -0.900. The highest BCUT2D eigenvalue weighted by Crippen LogP contribution is 2.38. The van der Waals surface area contributed by atoms with Crippen molar-refractivity contribution in [3.8, 4) is 0 Å². The molecule has 0 amide bonds. The molecule has 0 spiro atoms. The van der Waals surface area contributed by atoms with Gasteiger partial charge in [-0.05, 0) is 0 Å². The van der Waals surface area contributed by atoms with Gasteiger partial charge in [0.2, 0.25) is 0 Å². The second-order valence-electron chi connectivity index (χ2n) is 2.87. The van der Waals surface area contributed by atoms with E-state index in [1.807, 2.05) is 0 Å². The highest BCUT2D eigenvalue weighted by Gasteiger charge is 2.47. The third-order valence-corrected chi connectivity index (χ3v) is 1.89. The third kappa shape index (κ3) is 2.28. The molecule has 3 N–H and O–H groups in total. The molecule has 0 aromatic heterocycles. The summed E-state index contributed by atoms with van der Waals surface area (Å²) in [5.74, 6) is -5.19. The fourth-order valence-electron chi connectivity index (χ4n) is 1.31. The van der Waals surface area contributed by atoms with E-state index < -0.39 is 36.7 Å². The van der Waals surface area contributed by atoms with E-state index in [0.717, 1.165) is 0 Å². The molecule has 12 heavy (non-hydrogen) atoms. The number of aliphatic carboxylic acids is 1. The Balaban J connectivity index is 0.00000121. The highest BCUT2D eigenvalue weighted by atomic mass is 35.5. The van der Waals surface area contributed by atoms with Crippen LogP contribution in [0.2, 0.25) is 0 Å². The first kappa shape index (κ1) is 11.6. The van der Waals surface area contributed by atoms with Crippen LogP contribution in [0.3, 0.4) is 0 Å². The molecule has 3 nitrogen and oxygen atoms in total. The van der Waals surface area contributed by atoms with Crippen molar-refractivity contribution in [2.45, 2.75) is 24.8 Å². The number of hydrogen-bond donors (Lipinski definition) is 2. The number of nitrogens with two attached hydrogens (primary N) is 1. The number of alkyl halides is 2. The van der Waals surface area contributed by atoms with Gasteiger partial charge < -0.3 is 10.8 Å². The molecule has 0 heterocycles. The molecule has 0 bridgehead atoms. The van der Waals surface area contributed by atoms with Crippen molar-refractivity contribution < 1.29 is 18.7 Å². The maximum Gasteiger partial charge on any atom is 0.308 e. The summed E-state index contributed by atoms with van der Waals surface area (Å²) < 4.78 is 24.9. The molecule has 0 saturated heterocycles. The van der Waals surface area contributed by atoms with E-state index in [1.54, 1.807) is 0 Å². The normalized spacial score (nSPS) is 32.6. The van der Waals surface area contributed by atoms with E-state index in [9.17, 15) is 13.6 Å². The first-order valence-electron chi connectivity index (χ1n) is 3.28. The zero-order valence-electron chi connectivity index (χ0n) is 6.17. The Morgan fingerprint density at radius 2 is 2.00 bits per heavy atom. The van der Waals surface area contributed by atoms with Crippen LogP contribution in [0.4, 0.5) is 8.78 Å².